The van der Waals surface area contributed by atoms with Gasteiger partial charge in [0, 0.05) is 28.4 Å². The zero-order valence-electron chi connectivity index (χ0n) is 20.2. The molecule has 196 valence electrons. The van der Waals surface area contributed by atoms with E-state index in [9.17, 15) is 19.2 Å². The van der Waals surface area contributed by atoms with Gasteiger partial charge in [0.05, 0.1) is 16.6 Å². The van der Waals surface area contributed by atoms with Crippen LogP contribution < -0.4 is 14.5 Å². The predicted molar refractivity (Wildman–Crippen MR) is 149 cm³/mol. The van der Waals surface area contributed by atoms with Crippen LogP contribution >= 0.6 is 39.0 Å². The van der Waals surface area contributed by atoms with E-state index in [4.69, 9.17) is 4.74 Å². The monoisotopic (exact) mass is 613 g/mol. The molecule has 0 spiro atoms. The Morgan fingerprint density at radius 3 is 2.55 bits per heavy atom. The Hall–Kier alpha value is -2.89. The van der Waals surface area contributed by atoms with Crippen molar-refractivity contribution < 1.29 is 19.1 Å². The van der Waals surface area contributed by atoms with E-state index < -0.39 is 17.1 Å². The number of H-pyrrole nitrogens is 1. The van der Waals surface area contributed by atoms with Gasteiger partial charge in [-0.25, -0.2) is 4.90 Å². The lowest BCUT2D eigenvalue weighted by atomic mass is 9.83. The summed E-state index contributed by atoms with van der Waals surface area (Å²) in [7, 11) is 0. The Morgan fingerprint density at radius 1 is 1.03 bits per heavy atom. The van der Waals surface area contributed by atoms with Crippen LogP contribution in [0.4, 0.5) is 5.69 Å². The minimum absolute atomic E-state index is 0.0444. The standard InChI is InChI=1S/C27H24BrN3O5S2/c28-16-7-9-17(10-8-16)31-25(33)21-20(22-24(29-27(35)38-22)37-23(21)26(31)34)15-5-4-6-18(13-15)36-14-19(32)30-11-2-1-3-12-30/h4-10,13,20-21,23H,1-3,11-12,14H2,(H,29,35)/t20-,21?,23?/m1/s1. The van der Waals surface area contributed by atoms with Crippen LogP contribution in [0.25, 0.3) is 0 Å². The fourth-order valence-electron chi connectivity index (χ4n) is 5.40. The second kappa shape index (κ2) is 10.3. The van der Waals surface area contributed by atoms with Crippen molar-refractivity contribution in [1.29, 1.82) is 0 Å². The van der Waals surface area contributed by atoms with Crippen molar-refractivity contribution in [1.82, 2.24) is 9.88 Å². The molecule has 11 heteroatoms. The average molecular weight is 615 g/mol. The first kappa shape index (κ1) is 25.4. The van der Waals surface area contributed by atoms with Crippen molar-refractivity contribution in [3.05, 3.63) is 73.1 Å². The number of amides is 3. The number of carbonyl (C=O) groups excluding carboxylic acids is 3. The molecule has 3 aliphatic heterocycles. The number of rotatable bonds is 5. The third-order valence-corrected chi connectivity index (χ3v) is 10.1. The summed E-state index contributed by atoms with van der Waals surface area (Å²) in [6, 6.07) is 14.4. The number of imide groups is 1. The molecule has 3 amide bonds. The van der Waals surface area contributed by atoms with Gasteiger partial charge in [-0.3, -0.25) is 19.2 Å². The first-order chi connectivity index (χ1) is 18.4. The first-order valence-electron chi connectivity index (χ1n) is 12.4. The quantitative estimate of drug-likeness (QED) is 0.429. The van der Waals surface area contributed by atoms with Crippen LogP contribution in [-0.4, -0.2) is 52.6 Å². The van der Waals surface area contributed by atoms with Gasteiger partial charge in [0.1, 0.15) is 11.0 Å². The van der Waals surface area contributed by atoms with E-state index in [0.717, 1.165) is 58.6 Å². The molecular weight excluding hydrogens is 590 g/mol. The molecule has 3 atom stereocenters. The summed E-state index contributed by atoms with van der Waals surface area (Å²) >= 11 is 5.71. The van der Waals surface area contributed by atoms with Crippen molar-refractivity contribution in [3.63, 3.8) is 0 Å². The molecule has 3 aromatic rings. The number of halogens is 1. The maximum atomic E-state index is 13.8. The number of ether oxygens (including phenoxy) is 1. The molecule has 2 saturated heterocycles. The molecule has 38 heavy (non-hydrogen) atoms. The zero-order valence-corrected chi connectivity index (χ0v) is 23.4. The molecule has 0 bridgehead atoms. The van der Waals surface area contributed by atoms with E-state index in [1.54, 1.807) is 30.3 Å². The number of likely N-dealkylation sites (tertiary alicyclic amines) is 1. The number of fused-ring (bicyclic) bond motifs is 2. The second-order valence-electron chi connectivity index (χ2n) is 9.54. The number of benzene rings is 2. The van der Waals surface area contributed by atoms with Gasteiger partial charge in [0.2, 0.25) is 11.8 Å². The van der Waals surface area contributed by atoms with E-state index in [1.165, 1.54) is 16.7 Å². The molecule has 0 radical (unpaired) electrons. The van der Waals surface area contributed by atoms with E-state index >= 15 is 0 Å². The average Bonchev–Trinajstić information content (AvgIpc) is 3.42. The SMILES string of the molecule is O=C(COc1cccc([C@H]2c3sc(=O)[nH]c3SC3C(=O)N(c4ccc(Br)cc4)C(=O)C32)c1)N1CCCCC1. The Labute approximate surface area is 235 Å². The summed E-state index contributed by atoms with van der Waals surface area (Å²) in [5.41, 5.74) is 1.28. The lowest BCUT2D eigenvalue weighted by molar-refractivity contribution is -0.134. The highest BCUT2D eigenvalue weighted by Gasteiger charge is 2.56. The fourth-order valence-corrected chi connectivity index (χ4v) is 8.18. The smallest absolute Gasteiger partial charge is 0.305 e. The van der Waals surface area contributed by atoms with Gasteiger partial charge in [0.25, 0.3) is 5.91 Å². The van der Waals surface area contributed by atoms with Crippen LogP contribution in [0.2, 0.25) is 0 Å². The maximum Gasteiger partial charge on any atom is 0.305 e. The summed E-state index contributed by atoms with van der Waals surface area (Å²) in [5.74, 6) is -1.31. The van der Waals surface area contributed by atoms with Crippen LogP contribution in [0.1, 0.15) is 35.6 Å². The highest BCUT2D eigenvalue weighted by atomic mass is 79.9. The summed E-state index contributed by atoms with van der Waals surface area (Å²) in [5, 5.41) is -0.0456. The van der Waals surface area contributed by atoms with Crippen molar-refractivity contribution in [2.75, 3.05) is 24.6 Å². The summed E-state index contributed by atoms with van der Waals surface area (Å²) in [4.78, 5) is 58.8. The molecule has 3 aliphatic rings. The zero-order chi connectivity index (χ0) is 26.4. The third kappa shape index (κ3) is 4.60. The molecule has 2 aromatic carbocycles. The number of hydrogen-bond acceptors (Lipinski definition) is 7. The molecule has 6 rings (SSSR count). The van der Waals surface area contributed by atoms with E-state index in [2.05, 4.69) is 20.9 Å². The van der Waals surface area contributed by atoms with Gasteiger partial charge in [-0.2, -0.15) is 0 Å². The van der Waals surface area contributed by atoms with Gasteiger partial charge in [-0.05, 0) is 61.2 Å². The van der Waals surface area contributed by atoms with Crippen LogP contribution in [0.3, 0.4) is 0 Å². The van der Waals surface area contributed by atoms with E-state index in [1.807, 2.05) is 23.1 Å². The molecule has 2 unspecified atom stereocenters. The Morgan fingerprint density at radius 2 is 1.79 bits per heavy atom. The second-order valence-corrected chi connectivity index (χ2v) is 12.6. The number of aromatic amines is 1. The number of nitrogens with one attached hydrogen (secondary N) is 1. The van der Waals surface area contributed by atoms with E-state index in [-0.39, 0.29) is 29.2 Å². The van der Waals surface area contributed by atoms with Gasteiger partial charge in [0.15, 0.2) is 6.61 Å². The normalized spacial score (nSPS) is 22.8. The molecule has 2 fully saturated rings. The Kier molecular flexibility index (Phi) is 6.92. The molecular formula is C27H24BrN3O5S2. The lowest BCUT2D eigenvalue weighted by Gasteiger charge is -2.30. The number of thiazole rings is 1. The number of hydrogen-bond donors (Lipinski definition) is 1. The molecule has 8 nitrogen and oxygen atoms in total. The topological polar surface area (TPSA) is 99.8 Å². The summed E-state index contributed by atoms with van der Waals surface area (Å²) in [6.07, 6.45) is 3.16. The number of carbonyl (C=O) groups is 3. The number of piperidine rings is 1. The maximum absolute atomic E-state index is 13.8. The van der Waals surface area contributed by atoms with Crippen molar-refractivity contribution in [2.24, 2.45) is 5.92 Å². The highest BCUT2D eigenvalue weighted by molar-refractivity contribution is 9.10. The van der Waals surface area contributed by atoms with Crippen LogP contribution in [0.15, 0.2) is 62.8 Å². The Bertz CT molecular complexity index is 1460. The number of aromatic nitrogens is 1. The van der Waals surface area contributed by atoms with E-state index in [0.29, 0.717) is 16.5 Å². The third-order valence-electron chi connectivity index (χ3n) is 7.20. The minimum atomic E-state index is -0.680. The predicted octanol–water partition coefficient (Wildman–Crippen LogP) is 4.39. The van der Waals surface area contributed by atoms with Crippen LogP contribution in [0, 0.1) is 5.92 Å². The highest BCUT2D eigenvalue weighted by Crippen LogP contribution is 2.53. The molecule has 1 aromatic heterocycles. The molecule has 1 N–H and O–H groups in total. The van der Waals surface area contributed by atoms with Gasteiger partial charge in [-0.1, -0.05) is 51.2 Å². The van der Waals surface area contributed by atoms with Crippen molar-refractivity contribution >= 4 is 62.4 Å². The first-order valence-corrected chi connectivity index (χ1v) is 14.9. The van der Waals surface area contributed by atoms with Gasteiger partial charge >= 0.3 is 4.87 Å². The lowest BCUT2D eigenvalue weighted by Crippen LogP contribution is -2.38. The van der Waals surface area contributed by atoms with Crippen LogP contribution in [-0.2, 0) is 14.4 Å². The molecule has 0 saturated carbocycles. The minimum Gasteiger partial charge on any atom is -0.484 e. The van der Waals surface area contributed by atoms with Gasteiger partial charge in [-0.15, -0.1) is 0 Å². The number of nitrogens with zero attached hydrogens (tertiary/aromatic N) is 2. The Balaban J connectivity index is 1.32. The largest absolute Gasteiger partial charge is 0.484 e. The summed E-state index contributed by atoms with van der Waals surface area (Å²) in [6.45, 7) is 1.45. The molecule has 0 aliphatic carbocycles. The van der Waals surface area contributed by atoms with Crippen molar-refractivity contribution in [3.8, 4) is 5.75 Å². The fraction of sp³-hybridized carbons (Fsp3) is 0.333. The molecule has 4 heterocycles. The summed E-state index contributed by atoms with van der Waals surface area (Å²) < 4.78 is 6.72. The van der Waals surface area contributed by atoms with Crippen molar-refractivity contribution in [2.45, 2.75) is 35.5 Å². The number of anilines is 1. The number of thioether (sulfide) groups is 1. The van der Waals surface area contributed by atoms with Crippen LogP contribution in [0.5, 0.6) is 5.75 Å². The van der Waals surface area contributed by atoms with Gasteiger partial charge < -0.3 is 14.6 Å².